The van der Waals surface area contributed by atoms with Gasteiger partial charge in [-0.05, 0) is 57.2 Å². The summed E-state index contributed by atoms with van der Waals surface area (Å²) in [6.45, 7) is 4.90. The average Bonchev–Trinajstić information content (AvgIpc) is 2.47. The predicted octanol–water partition coefficient (Wildman–Crippen LogP) is 2.48. The molecular formula is C17H24N2O3. The number of aryl methyl sites for hydroxylation is 1. The van der Waals surface area contributed by atoms with Crippen LogP contribution in [0.3, 0.4) is 0 Å². The first-order valence-electron chi connectivity index (χ1n) is 7.97. The Kier molecular flexibility index (Phi) is 4.08. The van der Waals surface area contributed by atoms with Gasteiger partial charge in [0.25, 0.3) is 0 Å². The number of aliphatic carboxylic acids is 1. The molecule has 5 nitrogen and oxygen atoms in total. The van der Waals surface area contributed by atoms with Crippen LogP contribution in [-0.2, 0) is 11.3 Å². The summed E-state index contributed by atoms with van der Waals surface area (Å²) < 4.78 is 5.28. The van der Waals surface area contributed by atoms with Gasteiger partial charge < -0.3 is 9.84 Å². The smallest absolute Gasteiger partial charge is 0.306 e. The van der Waals surface area contributed by atoms with Crippen LogP contribution in [0.5, 0.6) is 5.88 Å². The van der Waals surface area contributed by atoms with E-state index < -0.39 is 5.97 Å². The zero-order chi connectivity index (χ0) is 15.7. The largest absolute Gasteiger partial charge is 0.481 e. The zero-order valence-corrected chi connectivity index (χ0v) is 13.3. The lowest BCUT2D eigenvalue weighted by molar-refractivity contribution is -0.152. The van der Waals surface area contributed by atoms with E-state index in [0.717, 1.165) is 56.6 Å². The molecule has 1 aliphatic carbocycles. The first kappa shape index (κ1) is 15.3. The van der Waals surface area contributed by atoms with Crippen LogP contribution in [0.4, 0.5) is 0 Å². The topological polar surface area (TPSA) is 62.7 Å². The highest BCUT2D eigenvalue weighted by Gasteiger charge is 2.48. The van der Waals surface area contributed by atoms with Gasteiger partial charge in [0, 0.05) is 12.1 Å². The molecule has 1 saturated carbocycles. The number of carboxylic acid groups (broad SMARTS) is 1. The molecule has 0 amide bonds. The second-order valence-corrected chi connectivity index (χ2v) is 6.85. The standard InChI is InChI=1S/C17H24N2O3/c1-12-3-4-14(18-15(12)22-2)11-19-7-5-17(6-8-19)9-13(10-17)16(20)21/h3-4,13H,5-11H2,1-2H3,(H,20,21). The van der Waals surface area contributed by atoms with Gasteiger partial charge in [0.05, 0.1) is 18.7 Å². The quantitative estimate of drug-likeness (QED) is 0.926. The average molecular weight is 304 g/mol. The van der Waals surface area contributed by atoms with Gasteiger partial charge >= 0.3 is 5.97 Å². The molecule has 1 N–H and O–H groups in total. The van der Waals surface area contributed by atoms with Crippen molar-refractivity contribution < 1.29 is 14.6 Å². The summed E-state index contributed by atoms with van der Waals surface area (Å²) in [6.07, 6.45) is 3.96. The fraction of sp³-hybridized carbons (Fsp3) is 0.647. The van der Waals surface area contributed by atoms with E-state index in [2.05, 4.69) is 22.0 Å². The number of carboxylic acids is 1. The van der Waals surface area contributed by atoms with Crippen LogP contribution < -0.4 is 4.74 Å². The molecule has 0 atom stereocenters. The third kappa shape index (κ3) is 2.95. The van der Waals surface area contributed by atoms with Crippen molar-refractivity contribution >= 4 is 5.97 Å². The fourth-order valence-electron chi connectivity index (χ4n) is 3.83. The van der Waals surface area contributed by atoms with E-state index in [1.807, 2.05) is 6.92 Å². The molecule has 2 heterocycles. The van der Waals surface area contributed by atoms with Gasteiger partial charge in [-0.2, -0.15) is 0 Å². The number of rotatable bonds is 4. The van der Waals surface area contributed by atoms with Crippen LogP contribution >= 0.6 is 0 Å². The van der Waals surface area contributed by atoms with E-state index in [1.165, 1.54) is 0 Å². The molecule has 2 fully saturated rings. The second kappa shape index (κ2) is 5.88. The van der Waals surface area contributed by atoms with Crippen molar-refractivity contribution in [2.45, 2.75) is 39.2 Å². The Hall–Kier alpha value is -1.62. The van der Waals surface area contributed by atoms with Gasteiger partial charge in [0.1, 0.15) is 0 Å². The molecule has 1 aromatic heterocycles. The van der Waals surface area contributed by atoms with Crippen LogP contribution in [0.25, 0.3) is 0 Å². The maximum Gasteiger partial charge on any atom is 0.306 e. The van der Waals surface area contributed by atoms with E-state index in [4.69, 9.17) is 9.84 Å². The maximum absolute atomic E-state index is 11.0. The monoisotopic (exact) mass is 304 g/mol. The van der Waals surface area contributed by atoms with Crippen molar-refractivity contribution in [1.29, 1.82) is 0 Å². The van der Waals surface area contributed by atoms with Crippen LogP contribution in [0.15, 0.2) is 12.1 Å². The molecule has 0 radical (unpaired) electrons. The lowest BCUT2D eigenvalue weighted by atomic mass is 9.57. The Bertz CT molecular complexity index is 557. The van der Waals surface area contributed by atoms with Crippen molar-refractivity contribution in [1.82, 2.24) is 9.88 Å². The maximum atomic E-state index is 11.0. The summed E-state index contributed by atoms with van der Waals surface area (Å²) in [6, 6.07) is 4.11. The Morgan fingerprint density at radius 2 is 2.09 bits per heavy atom. The fourth-order valence-corrected chi connectivity index (χ4v) is 3.83. The summed E-state index contributed by atoms with van der Waals surface area (Å²) in [7, 11) is 1.65. The summed E-state index contributed by atoms with van der Waals surface area (Å²) >= 11 is 0. The van der Waals surface area contributed by atoms with Crippen molar-refractivity contribution in [3.63, 3.8) is 0 Å². The van der Waals surface area contributed by atoms with Crippen molar-refractivity contribution in [3.05, 3.63) is 23.4 Å². The number of piperidine rings is 1. The van der Waals surface area contributed by atoms with E-state index in [9.17, 15) is 4.79 Å². The number of likely N-dealkylation sites (tertiary alicyclic amines) is 1. The molecule has 0 aromatic carbocycles. The Morgan fingerprint density at radius 3 is 2.68 bits per heavy atom. The minimum absolute atomic E-state index is 0.102. The van der Waals surface area contributed by atoms with E-state index in [1.54, 1.807) is 7.11 Å². The molecule has 5 heteroatoms. The number of hydrogen-bond acceptors (Lipinski definition) is 4. The molecule has 1 aliphatic heterocycles. The van der Waals surface area contributed by atoms with Crippen LogP contribution in [-0.4, -0.2) is 41.2 Å². The molecule has 120 valence electrons. The van der Waals surface area contributed by atoms with Crippen molar-refractivity contribution in [2.75, 3.05) is 20.2 Å². The minimum atomic E-state index is -0.621. The Labute approximate surface area is 131 Å². The number of methoxy groups -OCH3 is 1. The third-order valence-electron chi connectivity index (χ3n) is 5.31. The highest BCUT2D eigenvalue weighted by atomic mass is 16.5. The van der Waals surface area contributed by atoms with Gasteiger partial charge in [-0.1, -0.05) is 6.07 Å². The van der Waals surface area contributed by atoms with E-state index in [0.29, 0.717) is 11.3 Å². The number of aromatic nitrogens is 1. The van der Waals surface area contributed by atoms with Gasteiger partial charge in [0.15, 0.2) is 0 Å². The van der Waals surface area contributed by atoms with Crippen LogP contribution in [0.1, 0.15) is 36.9 Å². The van der Waals surface area contributed by atoms with Gasteiger partial charge in [-0.3, -0.25) is 9.69 Å². The second-order valence-electron chi connectivity index (χ2n) is 6.85. The lowest BCUT2D eigenvalue weighted by Crippen LogP contribution is -2.48. The van der Waals surface area contributed by atoms with Gasteiger partial charge in [-0.15, -0.1) is 0 Å². The summed E-state index contributed by atoms with van der Waals surface area (Å²) in [5.74, 6) is -0.0205. The highest BCUT2D eigenvalue weighted by Crippen LogP contribution is 2.52. The normalized spacial score (nSPS) is 21.5. The molecule has 22 heavy (non-hydrogen) atoms. The molecule has 1 aromatic rings. The number of carbonyl (C=O) groups is 1. The third-order valence-corrected chi connectivity index (χ3v) is 5.31. The number of hydrogen-bond donors (Lipinski definition) is 1. The molecular weight excluding hydrogens is 280 g/mol. The summed E-state index contributed by atoms with van der Waals surface area (Å²) in [5, 5.41) is 9.04. The molecule has 1 spiro atoms. The molecule has 2 aliphatic rings. The predicted molar refractivity (Wildman–Crippen MR) is 82.8 cm³/mol. The van der Waals surface area contributed by atoms with Crippen LogP contribution in [0, 0.1) is 18.3 Å². The first-order valence-corrected chi connectivity index (χ1v) is 7.97. The summed E-state index contributed by atoms with van der Waals surface area (Å²) in [4.78, 5) is 17.9. The molecule has 3 rings (SSSR count). The zero-order valence-electron chi connectivity index (χ0n) is 13.3. The molecule has 0 unspecified atom stereocenters. The minimum Gasteiger partial charge on any atom is -0.481 e. The number of nitrogens with zero attached hydrogens (tertiary/aromatic N) is 2. The van der Waals surface area contributed by atoms with E-state index >= 15 is 0 Å². The van der Waals surface area contributed by atoms with Gasteiger partial charge in [-0.25, -0.2) is 4.98 Å². The lowest BCUT2D eigenvalue weighted by Gasteiger charge is -2.50. The SMILES string of the molecule is COc1nc(CN2CCC3(CC2)CC(C(=O)O)C3)ccc1C. The molecule has 1 saturated heterocycles. The summed E-state index contributed by atoms with van der Waals surface area (Å²) in [5.41, 5.74) is 2.39. The Balaban J connectivity index is 1.53. The number of ether oxygens (including phenoxy) is 1. The van der Waals surface area contributed by atoms with Crippen molar-refractivity contribution in [3.8, 4) is 5.88 Å². The van der Waals surface area contributed by atoms with Crippen LogP contribution in [0.2, 0.25) is 0 Å². The van der Waals surface area contributed by atoms with Gasteiger partial charge in [0.2, 0.25) is 5.88 Å². The van der Waals surface area contributed by atoms with Crippen molar-refractivity contribution in [2.24, 2.45) is 11.3 Å². The molecule has 0 bridgehead atoms. The van der Waals surface area contributed by atoms with E-state index in [-0.39, 0.29) is 5.92 Å². The first-order chi connectivity index (χ1) is 10.5. The Morgan fingerprint density at radius 1 is 1.41 bits per heavy atom. The number of pyridine rings is 1. The highest BCUT2D eigenvalue weighted by molar-refractivity contribution is 5.71.